The largest absolute Gasteiger partial charge is 0.444 e. The number of hydrogen-bond donors (Lipinski definition) is 2. The molecule has 0 aliphatic heterocycles. The summed E-state index contributed by atoms with van der Waals surface area (Å²) in [4.78, 5) is 24.0. The van der Waals surface area contributed by atoms with Gasteiger partial charge in [0.1, 0.15) is 18.3 Å². The molecule has 0 unspecified atom stereocenters. The van der Waals surface area contributed by atoms with E-state index in [0.29, 0.717) is 0 Å². The number of hydrogen-bond acceptors (Lipinski definition) is 7. The molecule has 25 heavy (non-hydrogen) atoms. The highest BCUT2D eigenvalue weighted by Gasteiger charge is 2.27. The van der Waals surface area contributed by atoms with Crippen LogP contribution in [-0.4, -0.2) is 60.0 Å². The minimum Gasteiger partial charge on any atom is -0.444 e. The Morgan fingerprint density at radius 2 is 2.04 bits per heavy atom. The van der Waals surface area contributed by atoms with E-state index >= 15 is 0 Å². The number of alkyl carbamates (subject to hydrolysis) is 1. The number of rotatable bonds is 7. The Labute approximate surface area is 145 Å². The van der Waals surface area contributed by atoms with Crippen LogP contribution in [0.5, 0.6) is 0 Å². The van der Waals surface area contributed by atoms with E-state index in [1.165, 1.54) is 10.9 Å². The van der Waals surface area contributed by atoms with Crippen LogP contribution in [0.1, 0.15) is 26.5 Å². The summed E-state index contributed by atoms with van der Waals surface area (Å²) in [5.41, 5.74) is -0.523. The highest BCUT2D eigenvalue weighted by atomic mass is 32.2. The van der Waals surface area contributed by atoms with E-state index < -0.39 is 40.3 Å². The van der Waals surface area contributed by atoms with Gasteiger partial charge in [0, 0.05) is 12.6 Å². The molecule has 2 N–H and O–H groups in total. The maximum Gasteiger partial charge on any atom is 0.408 e. The second kappa shape index (κ2) is 8.23. The monoisotopic (exact) mass is 379 g/mol. The Morgan fingerprint density at radius 1 is 1.40 bits per heavy atom. The molecule has 0 fully saturated rings. The molecule has 0 saturated heterocycles. The van der Waals surface area contributed by atoms with E-state index in [4.69, 9.17) is 4.74 Å². The molecule has 0 radical (unpaired) electrons. The number of alkyl halides is 1. The molecule has 0 bridgehead atoms. The van der Waals surface area contributed by atoms with Crippen molar-refractivity contribution < 1.29 is 27.1 Å². The first kappa shape index (κ1) is 20.8. The van der Waals surface area contributed by atoms with E-state index in [1.807, 2.05) is 0 Å². The van der Waals surface area contributed by atoms with Crippen LogP contribution in [0.4, 0.5) is 9.18 Å². The van der Waals surface area contributed by atoms with Crippen LogP contribution in [-0.2, 0) is 32.5 Å². The maximum absolute atomic E-state index is 12.3. The lowest BCUT2D eigenvalue weighted by Gasteiger charge is -2.22. The molecule has 10 nitrogen and oxygen atoms in total. The van der Waals surface area contributed by atoms with Gasteiger partial charge in [-0.1, -0.05) is 5.21 Å². The second-order valence-electron chi connectivity index (χ2n) is 6.30. The van der Waals surface area contributed by atoms with Crippen molar-refractivity contribution in [2.75, 3.05) is 12.9 Å². The first-order chi connectivity index (χ1) is 11.4. The lowest BCUT2D eigenvalue weighted by atomic mass is 10.1. The van der Waals surface area contributed by atoms with Crippen LogP contribution in [0, 0.1) is 0 Å². The number of carbonyl (C=O) groups excluding carboxylic acids is 2. The molecule has 2 amide bonds. The predicted octanol–water partition coefficient (Wildman–Crippen LogP) is -0.241. The molecule has 0 spiro atoms. The summed E-state index contributed by atoms with van der Waals surface area (Å²) in [6, 6.07) is -1.26. The van der Waals surface area contributed by atoms with E-state index in [1.54, 1.807) is 25.5 Å². The second-order valence-corrected chi connectivity index (χ2v) is 8.05. The molecule has 1 aromatic rings. The van der Waals surface area contributed by atoms with Gasteiger partial charge in [-0.25, -0.2) is 22.3 Å². The van der Waals surface area contributed by atoms with Crippen LogP contribution in [0.25, 0.3) is 0 Å². The highest BCUT2D eigenvalue weighted by Crippen LogP contribution is 2.08. The summed E-state index contributed by atoms with van der Waals surface area (Å²) < 4.78 is 42.9. The van der Waals surface area contributed by atoms with Crippen LogP contribution >= 0.6 is 0 Å². The highest BCUT2D eigenvalue weighted by molar-refractivity contribution is 7.89. The molecular weight excluding hydrogens is 357 g/mol. The lowest BCUT2D eigenvalue weighted by Crippen LogP contribution is -2.50. The van der Waals surface area contributed by atoms with E-state index in [-0.39, 0.29) is 18.7 Å². The van der Waals surface area contributed by atoms with Gasteiger partial charge in [-0.15, -0.1) is 5.10 Å². The fourth-order valence-electron chi connectivity index (χ4n) is 1.75. The van der Waals surface area contributed by atoms with E-state index in [2.05, 4.69) is 15.6 Å². The number of amides is 2. The quantitative estimate of drug-likeness (QED) is 0.668. The van der Waals surface area contributed by atoms with Crippen LogP contribution in [0.3, 0.4) is 0 Å². The zero-order chi connectivity index (χ0) is 19.3. The van der Waals surface area contributed by atoms with Gasteiger partial charge >= 0.3 is 6.09 Å². The molecule has 0 aromatic carbocycles. The molecule has 1 atom stereocenters. The SMILES string of the molecule is CC(C)(C)OC(=O)N[C@H](Cc1cn(CCF)nn1)C(=O)NS(C)(=O)=O. The number of nitrogens with one attached hydrogen (secondary N) is 2. The number of aryl methyl sites for hydroxylation is 1. The van der Waals surface area contributed by atoms with Crippen LogP contribution in [0.2, 0.25) is 0 Å². The normalized spacial score (nSPS) is 13.2. The average molecular weight is 379 g/mol. The molecular formula is C13H22FN5O5S. The third-order valence-corrected chi connectivity index (χ3v) is 3.18. The summed E-state index contributed by atoms with van der Waals surface area (Å²) in [6.45, 7) is 4.27. The topological polar surface area (TPSA) is 132 Å². The maximum atomic E-state index is 12.3. The molecule has 1 aromatic heterocycles. The van der Waals surface area contributed by atoms with Crippen molar-refractivity contribution in [2.45, 2.75) is 45.4 Å². The zero-order valence-electron chi connectivity index (χ0n) is 14.4. The van der Waals surface area contributed by atoms with Gasteiger partial charge < -0.3 is 10.1 Å². The van der Waals surface area contributed by atoms with Gasteiger partial charge in [0.05, 0.1) is 18.5 Å². The van der Waals surface area contributed by atoms with Crippen LogP contribution < -0.4 is 10.0 Å². The number of halogens is 1. The summed E-state index contributed by atoms with van der Waals surface area (Å²) >= 11 is 0. The van der Waals surface area contributed by atoms with E-state index in [9.17, 15) is 22.4 Å². The van der Waals surface area contributed by atoms with Gasteiger partial charge in [0.2, 0.25) is 10.0 Å². The Kier molecular flexibility index (Phi) is 6.85. The standard InChI is InChI=1S/C13H22FN5O5S/c1-13(2,3)24-12(21)15-10(11(20)17-25(4,22)23)7-9-8-19(6-5-14)18-16-9/h8,10H,5-7H2,1-4H3,(H,15,21)(H,17,20)/t10-/m1/s1. The van der Waals surface area contributed by atoms with Crippen molar-refractivity contribution in [2.24, 2.45) is 0 Å². The minimum atomic E-state index is -3.82. The summed E-state index contributed by atoms with van der Waals surface area (Å²) in [5.74, 6) is -0.951. The average Bonchev–Trinajstić information content (AvgIpc) is 2.81. The van der Waals surface area contributed by atoms with Gasteiger partial charge in [-0.3, -0.25) is 9.52 Å². The summed E-state index contributed by atoms with van der Waals surface area (Å²) in [6.07, 6.45) is 1.18. The third-order valence-electron chi connectivity index (χ3n) is 2.61. The number of ether oxygens (including phenoxy) is 1. The van der Waals surface area contributed by atoms with Gasteiger partial charge in [-0.05, 0) is 20.8 Å². The number of nitrogens with zero attached hydrogens (tertiary/aromatic N) is 3. The smallest absolute Gasteiger partial charge is 0.408 e. The fraction of sp³-hybridized carbons (Fsp3) is 0.692. The number of aromatic nitrogens is 3. The van der Waals surface area contributed by atoms with Crippen molar-refractivity contribution in [1.82, 2.24) is 25.0 Å². The summed E-state index contributed by atoms with van der Waals surface area (Å²) in [5, 5.41) is 9.72. The first-order valence-corrected chi connectivity index (χ1v) is 9.25. The Balaban J connectivity index is 2.89. The molecule has 0 aliphatic rings. The van der Waals surface area contributed by atoms with Crippen LogP contribution in [0.15, 0.2) is 6.20 Å². The Hall–Kier alpha value is -2.24. The van der Waals surface area contributed by atoms with Crippen molar-refractivity contribution in [1.29, 1.82) is 0 Å². The molecule has 1 heterocycles. The molecule has 0 saturated carbocycles. The summed E-state index contributed by atoms with van der Waals surface area (Å²) in [7, 11) is -3.82. The first-order valence-electron chi connectivity index (χ1n) is 7.36. The number of sulfonamides is 1. The minimum absolute atomic E-state index is 0.00725. The molecule has 142 valence electrons. The van der Waals surface area contributed by atoms with Gasteiger partial charge in [0.15, 0.2) is 0 Å². The van der Waals surface area contributed by atoms with E-state index in [0.717, 1.165) is 6.26 Å². The van der Waals surface area contributed by atoms with Crippen molar-refractivity contribution in [3.05, 3.63) is 11.9 Å². The fourth-order valence-corrected chi connectivity index (χ4v) is 2.26. The van der Waals surface area contributed by atoms with Crippen molar-refractivity contribution in [3.8, 4) is 0 Å². The Morgan fingerprint density at radius 3 is 2.56 bits per heavy atom. The molecule has 1 rings (SSSR count). The third kappa shape index (κ3) is 8.42. The van der Waals surface area contributed by atoms with Crippen molar-refractivity contribution >= 4 is 22.0 Å². The van der Waals surface area contributed by atoms with Crippen molar-refractivity contribution in [3.63, 3.8) is 0 Å². The molecule has 0 aliphatic carbocycles. The lowest BCUT2D eigenvalue weighted by molar-refractivity contribution is -0.121. The molecule has 12 heteroatoms. The predicted molar refractivity (Wildman–Crippen MR) is 85.8 cm³/mol. The van der Waals surface area contributed by atoms with Gasteiger partial charge in [-0.2, -0.15) is 0 Å². The number of carbonyl (C=O) groups is 2. The Bertz CT molecular complexity index is 713. The van der Waals surface area contributed by atoms with Gasteiger partial charge in [0.25, 0.3) is 5.91 Å². The zero-order valence-corrected chi connectivity index (χ0v) is 15.3.